The Morgan fingerprint density at radius 2 is 1.95 bits per heavy atom. The SMILES string of the molecule is COc1cccc([C@@H]2CC[P@@](=O)(C3CCCCC3)C2)c1. The van der Waals surface area contributed by atoms with Crippen molar-refractivity contribution in [2.24, 2.45) is 0 Å². The molecule has 20 heavy (non-hydrogen) atoms. The predicted molar refractivity (Wildman–Crippen MR) is 84.6 cm³/mol. The second kappa shape index (κ2) is 5.93. The number of ether oxygens (including phenoxy) is 1. The summed E-state index contributed by atoms with van der Waals surface area (Å²) in [7, 11) is -0.222. The van der Waals surface area contributed by atoms with E-state index in [4.69, 9.17) is 4.74 Å². The lowest BCUT2D eigenvalue weighted by Crippen LogP contribution is -2.14. The highest BCUT2D eigenvalue weighted by Gasteiger charge is 2.41. The fraction of sp³-hybridized carbons (Fsp3) is 0.647. The zero-order valence-corrected chi connectivity index (χ0v) is 13.3. The highest BCUT2D eigenvalue weighted by atomic mass is 31.2. The van der Waals surface area contributed by atoms with Crippen LogP contribution < -0.4 is 4.74 Å². The van der Waals surface area contributed by atoms with Crippen LogP contribution in [0, 0.1) is 0 Å². The third-order valence-corrected chi connectivity index (χ3v) is 9.11. The number of hydrogen-bond acceptors (Lipinski definition) is 2. The predicted octanol–water partition coefficient (Wildman–Crippen LogP) is 4.88. The topological polar surface area (TPSA) is 26.3 Å². The third kappa shape index (κ3) is 2.81. The van der Waals surface area contributed by atoms with Gasteiger partial charge in [0.25, 0.3) is 0 Å². The van der Waals surface area contributed by atoms with Crippen LogP contribution in [0.4, 0.5) is 0 Å². The summed E-state index contributed by atoms with van der Waals surface area (Å²) in [6.07, 6.45) is 9.35. The van der Waals surface area contributed by atoms with Crippen LogP contribution in [0.5, 0.6) is 5.75 Å². The van der Waals surface area contributed by atoms with Gasteiger partial charge in [0.2, 0.25) is 0 Å². The van der Waals surface area contributed by atoms with Gasteiger partial charge in [-0.25, -0.2) is 0 Å². The summed E-state index contributed by atoms with van der Waals surface area (Å²) < 4.78 is 18.6. The van der Waals surface area contributed by atoms with E-state index in [1.54, 1.807) is 7.11 Å². The van der Waals surface area contributed by atoms with E-state index >= 15 is 0 Å². The first kappa shape index (κ1) is 14.2. The fourth-order valence-corrected chi connectivity index (χ4v) is 8.02. The fourth-order valence-electron chi connectivity index (χ4n) is 3.98. The molecule has 0 spiro atoms. The van der Waals surface area contributed by atoms with E-state index in [0.29, 0.717) is 11.6 Å². The van der Waals surface area contributed by atoms with Crippen LogP contribution in [0.25, 0.3) is 0 Å². The molecule has 1 saturated carbocycles. The second-order valence-electron chi connectivity index (χ2n) is 6.41. The Kier molecular flexibility index (Phi) is 4.21. The van der Waals surface area contributed by atoms with E-state index in [1.807, 2.05) is 6.07 Å². The molecule has 1 saturated heterocycles. The maximum Gasteiger partial charge on any atom is 0.119 e. The van der Waals surface area contributed by atoms with Gasteiger partial charge in [0.05, 0.1) is 14.3 Å². The molecule has 2 atom stereocenters. The van der Waals surface area contributed by atoms with E-state index in [9.17, 15) is 4.57 Å². The summed E-state index contributed by atoms with van der Waals surface area (Å²) in [5.74, 6) is 1.40. The van der Waals surface area contributed by atoms with E-state index in [1.165, 1.54) is 37.7 Å². The summed E-state index contributed by atoms with van der Waals surface area (Å²) in [5, 5.41) is 0. The molecule has 0 N–H and O–H groups in total. The van der Waals surface area contributed by atoms with Crippen LogP contribution in [0.3, 0.4) is 0 Å². The zero-order valence-electron chi connectivity index (χ0n) is 12.4. The van der Waals surface area contributed by atoms with Crippen molar-refractivity contribution in [2.75, 3.05) is 19.4 Å². The van der Waals surface area contributed by atoms with Crippen molar-refractivity contribution in [3.8, 4) is 5.75 Å². The summed E-state index contributed by atoms with van der Waals surface area (Å²) in [5.41, 5.74) is 1.85. The van der Waals surface area contributed by atoms with Crippen LogP contribution in [0.1, 0.15) is 50.0 Å². The normalized spacial score (nSPS) is 31.4. The first-order valence-corrected chi connectivity index (χ1v) is 10.1. The Balaban J connectivity index is 1.73. The van der Waals surface area contributed by atoms with Gasteiger partial charge in [-0.15, -0.1) is 0 Å². The molecule has 1 aromatic rings. The summed E-state index contributed by atoms with van der Waals surface area (Å²) in [6, 6.07) is 8.34. The smallest absolute Gasteiger partial charge is 0.119 e. The lowest BCUT2D eigenvalue weighted by Gasteiger charge is -2.28. The van der Waals surface area contributed by atoms with Crippen LogP contribution >= 0.6 is 7.14 Å². The van der Waals surface area contributed by atoms with Crippen LogP contribution in [-0.4, -0.2) is 25.1 Å². The molecule has 2 nitrogen and oxygen atoms in total. The molecule has 0 radical (unpaired) electrons. The molecule has 2 fully saturated rings. The van der Waals surface area contributed by atoms with Gasteiger partial charge >= 0.3 is 0 Å². The number of rotatable bonds is 3. The average molecular weight is 292 g/mol. The van der Waals surface area contributed by atoms with Gasteiger partial charge in [-0.3, -0.25) is 0 Å². The Bertz CT molecular complexity index is 505. The van der Waals surface area contributed by atoms with E-state index in [0.717, 1.165) is 24.5 Å². The summed E-state index contributed by atoms with van der Waals surface area (Å²) in [4.78, 5) is 0. The molecule has 3 rings (SSSR count). The van der Waals surface area contributed by atoms with Gasteiger partial charge < -0.3 is 9.30 Å². The molecule has 1 aliphatic heterocycles. The molecule has 110 valence electrons. The average Bonchev–Trinajstić information content (AvgIpc) is 2.92. The number of hydrogen-bond donors (Lipinski definition) is 0. The number of methoxy groups -OCH3 is 1. The lowest BCUT2D eigenvalue weighted by atomic mass is 9.99. The van der Waals surface area contributed by atoms with Crippen molar-refractivity contribution in [1.82, 2.24) is 0 Å². The Labute approximate surface area is 122 Å². The molecule has 0 unspecified atom stereocenters. The standard InChI is InChI=1S/C17H25O2P/c1-19-16-7-5-6-14(12-16)15-10-11-20(18,13-15)17-8-3-2-4-9-17/h5-7,12,15,17H,2-4,8-11,13H2,1H3/t15-,20+/m1/s1. The minimum Gasteiger partial charge on any atom is -0.497 e. The van der Waals surface area contributed by atoms with Gasteiger partial charge in [-0.1, -0.05) is 31.4 Å². The van der Waals surface area contributed by atoms with Crippen molar-refractivity contribution in [3.63, 3.8) is 0 Å². The van der Waals surface area contributed by atoms with E-state index in [2.05, 4.69) is 18.2 Å². The Hall–Kier alpha value is -0.750. The largest absolute Gasteiger partial charge is 0.497 e. The van der Waals surface area contributed by atoms with E-state index < -0.39 is 7.14 Å². The van der Waals surface area contributed by atoms with Gasteiger partial charge in [0.15, 0.2) is 0 Å². The highest BCUT2D eigenvalue weighted by Crippen LogP contribution is 2.63. The first-order chi connectivity index (χ1) is 9.71. The molecule has 1 aromatic carbocycles. The van der Waals surface area contributed by atoms with Crippen molar-refractivity contribution in [2.45, 2.75) is 50.1 Å². The van der Waals surface area contributed by atoms with Gasteiger partial charge in [-0.05, 0) is 42.9 Å². The van der Waals surface area contributed by atoms with Crippen molar-refractivity contribution >= 4 is 7.14 Å². The molecule has 0 amide bonds. The minimum atomic E-state index is -1.93. The quantitative estimate of drug-likeness (QED) is 0.742. The maximum atomic E-state index is 13.3. The lowest BCUT2D eigenvalue weighted by molar-refractivity contribution is 0.414. The number of benzene rings is 1. The van der Waals surface area contributed by atoms with Crippen LogP contribution in [0.15, 0.2) is 24.3 Å². The van der Waals surface area contributed by atoms with Gasteiger partial charge in [0, 0.05) is 18.0 Å². The highest BCUT2D eigenvalue weighted by molar-refractivity contribution is 7.65. The minimum absolute atomic E-state index is 0.484. The first-order valence-electron chi connectivity index (χ1n) is 7.93. The summed E-state index contributed by atoms with van der Waals surface area (Å²) in [6.45, 7) is 0. The Morgan fingerprint density at radius 1 is 1.15 bits per heavy atom. The third-order valence-electron chi connectivity index (χ3n) is 5.19. The second-order valence-corrected chi connectivity index (χ2v) is 9.86. The molecule has 0 aromatic heterocycles. The molecular formula is C17H25O2P. The molecular weight excluding hydrogens is 267 g/mol. The zero-order chi connectivity index (χ0) is 14.0. The van der Waals surface area contributed by atoms with Crippen LogP contribution in [0.2, 0.25) is 0 Å². The monoisotopic (exact) mass is 292 g/mol. The van der Waals surface area contributed by atoms with Gasteiger partial charge in [0.1, 0.15) is 5.75 Å². The molecule has 1 aliphatic carbocycles. The molecule has 1 heterocycles. The van der Waals surface area contributed by atoms with Crippen molar-refractivity contribution in [3.05, 3.63) is 29.8 Å². The molecule has 3 heteroatoms. The molecule has 2 aliphatic rings. The van der Waals surface area contributed by atoms with Gasteiger partial charge in [-0.2, -0.15) is 0 Å². The van der Waals surface area contributed by atoms with Crippen molar-refractivity contribution in [1.29, 1.82) is 0 Å². The maximum absolute atomic E-state index is 13.3. The Morgan fingerprint density at radius 3 is 2.70 bits per heavy atom. The molecule has 0 bridgehead atoms. The van der Waals surface area contributed by atoms with Crippen LogP contribution in [-0.2, 0) is 4.57 Å². The van der Waals surface area contributed by atoms with E-state index in [-0.39, 0.29) is 0 Å². The van der Waals surface area contributed by atoms with Crippen molar-refractivity contribution < 1.29 is 9.30 Å². The summed E-state index contributed by atoms with van der Waals surface area (Å²) >= 11 is 0.